The molecule has 0 heterocycles. The zero-order valence-corrected chi connectivity index (χ0v) is 14.3. The van der Waals surface area contributed by atoms with Crippen molar-refractivity contribution >= 4 is 34.0 Å². The molecule has 0 spiro atoms. The van der Waals surface area contributed by atoms with Gasteiger partial charge in [-0.1, -0.05) is 31.5 Å². The van der Waals surface area contributed by atoms with Crippen molar-refractivity contribution in [3.63, 3.8) is 0 Å². The number of halogens is 2. The van der Waals surface area contributed by atoms with Gasteiger partial charge >= 0.3 is 0 Å². The lowest BCUT2D eigenvalue weighted by Gasteiger charge is -2.19. The summed E-state index contributed by atoms with van der Waals surface area (Å²) in [6, 6.07) is 4.56. The molecule has 116 valence electrons. The second kappa shape index (κ2) is 8.20. The second-order valence-electron chi connectivity index (χ2n) is 5.09. The first-order chi connectivity index (χ1) is 8.76. The van der Waals surface area contributed by atoms with E-state index in [1.165, 1.54) is 6.07 Å². The Morgan fingerprint density at radius 3 is 2.45 bits per heavy atom. The predicted octanol–water partition coefficient (Wildman–Crippen LogP) is 2.72. The first-order valence-corrected chi connectivity index (χ1v) is 8.11. The molecular formula is C13H22Cl2N2O2S. The summed E-state index contributed by atoms with van der Waals surface area (Å²) in [5, 5.41) is 0.402. The summed E-state index contributed by atoms with van der Waals surface area (Å²) < 4.78 is 27.3. The highest BCUT2D eigenvalue weighted by Crippen LogP contribution is 2.20. The van der Waals surface area contributed by atoms with E-state index in [4.69, 9.17) is 17.3 Å². The van der Waals surface area contributed by atoms with Crippen molar-refractivity contribution in [1.82, 2.24) is 4.72 Å². The average molecular weight is 341 g/mol. The van der Waals surface area contributed by atoms with Crippen molar-refractivity contribution in [2.24, 2.45) is 11.7 Å². The zero-order valence-electron chi connectivity index (χ0n) is 11.9. The fourth-order valence-electron chi connectivity index (χ4n) is 1.91. The topological polar surface area (TPSA) is 72.2 Å². The summed E-state index contributed by atoms with van der Waals surface area (Å²) in [5.41, 5.74) is 6.29. The van der Waals surface area contributed by atoms with E-state index in [2.05, 4.69) is 4.72 Å². The van der Waals surface area contributed by atoms with Crippen LogP contribution >= 0.6 is 24.0 Å². The van der Waals surface area contributed by atoms with E-state index in [0.29, 0.717) is 22.9 Å². The van der Waals surface area contributed by atoms with Crippen LogP contribution < -0.4 is 10.5 Å². The number of hydrogen-bond donors (Lipinski definition) is 2. The van der Waals surface area contributed by atoms with Crippen molar-refractivity contribution in [2.75, 3.05) is 6.54 Å². The van der Waals surface area contributed by atoms with E-state index in [1.807, 2.05) is 13.8 Å². The van der Waals surface area contributed by atoms with Gasteiger partial charge in [-0.25, -0.2) is 13.1 Å². The van der Waals surface area contributed by atoms with Gasteiger partial charge in [0.25, 0.3) is 0 Å². The first kappa shape index (κ1) is 19.7. The summed E-state index contributed by atoms with van der Waals surface area (Å²) >= 11 is 5.86. The maximum Gasteiger partial charge on any atom is 0.241 e. The molecule has 0 fully saturated rings. The lowest BCUT2D eigenvalue weighted by atomic mass is 10.1. The van der Waals surface area contributed by atoms with E-state index < -0.39 is 10.0 Å². The van der Waals surface area contributed by atoms with Gasteiger partial charge in [0.1, 0.15) is 0 Å². The molecule has 1 unspecified atom stereocenters. The van der Waals surface area contributed by atoms with Gasteiger partial charge in [-0.15, -0.1) is 12.4 Å². The molecule has 4 nitrogen and oxygen atoms in total. The lowest BCUT2D eigenvalue weighted by molar-refractivity contribution is 0.465. The van der Waals surface area contributed by atoms with E-state index in [1.54, 1.807) is 19.1 Å². The molecule has 20 heavy (non-hydrogen) atoms. The molecule has 1 atom stereocenters. The molecule has 0 aliphatic rings. The molecular weight excluding hydrogens is 319 g/mol. The van der Waals surface area contributed by atoms with Crippen LogP contribution in [0.3, 0.4) is 0 Å². The molecule has 0 bridgehead atoms. The number of rotatable bonds is 6. The number of sulfonamides is 1. The average Bonchev–Trinajstić information content (AvgIpc) is 2.30. The standard InChI is InChI=1S/C13H21ClN2O2S.ClH/c1-9(2)6-12(8-15)16-19(17,18)13-7-11(14)5-4-10(13)3;/h4-5,7,9,12,16H,6,8,15H2,1-3H3;1H. The summed E-state index contributed by atoms with van der Waals surface area (Å²) in [6.07, 6.45) is 0.704. The molecule has 0 saturated heterocycles. The van der Waals surface area contributed by atoms with Crippen molar-refractivity contribution < 1.29 is 8.42 Å². The smallest absolute Gasteiger partial charge is 0.241 e. The van der Waals surface area contributed by atoms with E-state index >= 15 is 0 Å². The maximum atomic E-state index is 12.3. The van der Waals surface area contributed by atoms with Gasteiger partial charge < -0.3 is 5.73 Å². The summed E-state index contributed by atoms with van der Waals surface area (Å²) in [5.74, 6) is 0.372. The Labute approximate surface area is 132 Å². The molecule has 1 aromatic rings. The van der Waals surface area contributed by atoms with Crippen LogP contribution in [-0.2, 0) is 10.0 Å². The number of hydrogen-bond acceptors (Lipinski definition) is 3. The van der Waals surface area contributed by atoms with Crippen LogP contribution in [0.4, 0.5) is 0 Å². The zero-order chi connectivity index (χ0) is 14.6. The van der Waals surface area contributed by atoms with E-state index in [-0.39, 0.29) is 29.9 Å². The van der Waals surface area contributed by atoms with Crippen LogP contribution in [0, 0.1) is 12.8 Å². The highest BCUT2D eigenvalue weighted by atomic mass is 35.5. The molecule has 0 aliphatic carbocycles. The van der Waals surface area contributed by atoms with Crippen molar-refractivity contribution in [3.05, 3.63) is 28.8 Å². The molecule has 7 heteroatoms. The molecule has 1 aromatic carbocycles. The Balaban J connectivity index is 0.00000361. The molecule has 0 radical (unpaired) electrons. The Morgan fingerprint density at radius 2 is 1.95 bits per heavy atom. The molecule has 1 rings (SSSR count). The van der Waals surface area contributed by atoms with Crippen LogP contribution in [0.15, 0.2) is 23.1 Å². The molecule has 0 aliphatic heterocycles. The largest absolute Gasteiger partial charge is 0.329 e. The van der Waals surface area contributed by atoms with Crippen LogP contribution in [-0.4, -0.2) is 21.0 Å². The van der Waals surface area contributed by atoms with Gasteiger partial charge in [0, 0.05) is 17.6 Å². The summed E-state index contributed by atoms with van der Waals surface area (Å²) in [4.78, 5) is 0.210. The molecule has 0 amide bonds. The predicted molar refractivity (Wildman–Crippen MR) is 86.1 cm³/mol. The lowest BCUT2D eigenvalue weighted by Crippen LogP contribution is -2.41. The first-order valence-electron chi connectivity index (χ1n) is 6.24. The second-order valence-corrected chi connectivity index (χ2v) is 7.21. The minimum Gasteiger partial charge on any atom is -0.329 e. The highest BCUT2D eigenvalue weighted by molar-refractivity contribution is 7.89. The van der Waals surface area contributed by atoms with Crippen molar-refractivity contribution in [1.29, 1.82) is 0 Å². The number of aryl methyl sites for hydroxylation is 1. The molecule has 3 N–H and O–H groups in total. The van der Waals surface area contributed by atoms with Gasteiger partial charge in [-0.3, -0.25) is 0 Å². The van der Waals surface area contributed by atoms with Gasteiger partial charge in [0.2, 0.25) is 10.0 Å². The summed E-state index contributed by atoms with van der Waals surface area (Å²) in [7, 11) is -3.58. The fraction of sp³-hybridized carbons (Fsp3) is 0.538. The van der Waals surface area contributed by atoms with Gasteiger partial charge in [-0.05, 0) is 37.0 Å². The molecule has 0 aromatic heterocycles. The highest BCUT2D eigenvalue weighted by Gasteiger charge is 2.21. The summed E-state index contributed by atoms with van der Waals surface area (Å²) in [6.45, 7) is 6.07. The van der Waals surface area contributed by atoms with Crippen LogP contribution in [0.25, 0.3) is 0 Å². The van der Waals surface area contributed by atoms with Crippen LogP contribution in [0.1, 0.15) is 25.8 Å². The Bertz CT molecular complexity index is 533. The van der Waals surface area contributed by atoms with Crippen molar-refractivity contribution in [2.45, 2.75) is 38.1 Å². The SMILES string of the molecule is Cc1ccc(Cl)cc1S(=O)(=O)NC(CN)CC(C)C.Cl. The quantitative estimate of drug-likeness (QED) is 0.836. The van der Waals surface area contributed by atoms with Gasteiger partial charge in [-0.2, -0.15) is 0 Å². The molecule has 0 saturated carbocycles. The number of benzene rings is 1. The third-order valence-electron chi connectivity index (χ3n) is 2.80. The monoisotopic (exact) mass is 340 g/mol. The number of nitrogens with one attached hydrogen (secondary N) is 1. The van der Waals surface area contributed by atoms with E-state index in [0.717, 1.165) is 0 Å². The third kappa shape index (κ3) is 5.58. The van der Waals surface area contributed by atoms with Gasteiger partial charge in [0.05, 0.1) is 4.90 Å². The minimum absolute atomic E-state index is 0. The van der Waals surface area contributed by atoms with Crippen molar-refractivity contribution in [3.8, 4) is 0 Å². The maximum absolute atomic E-state index is 12.3. The normalized spacial score (nSPS) is 13.1. The van der Waals surface area contributed by atoms with Gasteiger partial charge in [0.15, 0.2) is 0 Å². The number of nitrogens with two attached hydrogens (primary N) is 1. The minimum atomic E-state index is -3.58. The third-order valence-corrected chi connectivity index (χ3v) is 4.70. The Kier molecular flexibility index (Phi) is 8.06. The Morgan fingerprint density at radius 1 is 1.35 bits per heavy atom. The van der Waals surface area contributed by atoms with Crippen LogP contribution in [0.2, 0.25) is 5.02 Å². The van der Waals surface area contributed by atoms with E-state index in [9.17, 15) is 8.42 Å². The fourth-order valence-corrected chi connectivity index (χ4v) is 3.68. The van der Waals surface area contributed by atoms with Crippen LogP contribution in [0.5, 0.6) is 0 Å². The Hall–Kier alpha value is -0.330.